The van der Waals surface area contributed by atoms with Crippen LogP contribution in [0.4, 0.5) is 0 Å². The Labute approximate surface area is 197 Å². The minimum atomic E-state index is -3.75. The van der Waals surface area contributed by atoms with E-state index in [2.05, 4.69) is 33.6 Å². The summed E-state index contributed by atoms with van der Waals surface area (Å²) in [6.07, 6.45) is 2.04. The van der Waals surface area contributed by atoms with E-state index < -0.39 is 20.5 Å². The van der Waals surface area contributed by atoms with Gasteiger partial charge in [0, 0.05) is 50.4 Å². The zero-order valence-electron chi connectivity index (χ0n) is 18.6. The summed E-state index contributed by atoms with van der Waals surface area (Å²) in [6, 6.07) is 5.63. The number of hydroxylamine groups is 1. The number of aromatic nitrogens is 1. The molecule has 3 N–H and O–H groups in total. The Balaban J connectivity index is 1.63. The molecule has 10 heteroatoms. The number of carbonyl (C=O) groups is 1. The first kappa shape index (κ1) is 25.2. The topological polar surface area (TPSA) is 120 Å². The molecule has 0 radical (unpaired) electrons. The Morgan fingerprint density at radius 2 is 2.12 bits per heavy atom. The minimum absolute atomic E-state index is 0.00110. The summed E-state index contributed by atoms with van der Waals surface area (Å²) in [5.74, 6) is 11.4. The van der Waals surface area contributed by atoms with E-state index in [0.29, 0.717) is 10.9 Å². The average molecular weight is 490 g/mol. The van der Waals surface area contributed by atoms with Gasteiger partial charge in [-0.1, -0.05) is 11.8 Å². The maximum absolute atomic E-state index is 12.1. The van der Waals surface area contributed by atoms with Crippen LogP contribution in [-0.4, -0.2) is 71.8 Å². The second-order valence-electron chi connectivity index (χ2n) is 8.29. The highest BCUT2D eigenvalue weighted by atomic mass is 32.2. The fourth-order valence-electron chi connectivity index (χ4n) is 3.47. The second kappa shape index (κ2) is 10.6. The zero-order chi connectivity index (χ0) is 24.1. The fraction of sp³-hybridized carbons (Fsp3) is 0.478. The number of likely N-dealkylation sites (tertiary alicyclic amines) is 1. The van der Waals surface area contributed by atoms with Crippen LogP contribution in [0.2, 0.25) is 0 Å². The number of aryl methyl sites for hydroxylation is 1. The Bertz CT molecular complexity index is 1240. The van der Waals surface area contributed by atoms with E-state index >= 15 is 0 Å². The smallest absolute Gasteiger partial charge is 0.264 e. The molecule has 33 heavy (non-hydrogen) atoms. The number of sulfone groups is 1. The number of carbonyl (C=O) groups excluding carboxylic acids is 1. The SMILES string of the molecule is CC(CCc1nc2ccc(C#CC#CC3CN(CCCO)C3)cc2s1)(C(=O)NO)S(C)(=O)=O. The van der Waals surface area contributed by atoms with Gasteiger partial charge in [-0.25, -0.2) is 18.9 Å². The van der Waals surface area contributed by atoms with Crippen LogP contribution in [0, 0.1) is 29.6 Å². The van der Waals surface area contributed by atoms with Crippen molar-refractivity contribution in [2.24, 2.45) is 5.92 Å². The molecule has 176 valence electrons. The number of hydrogen-bond donors (Lipinski definition) is 3. The van der Waals surface area contributed by atoms with Gasteiger partial charge in [0.1, 0.15) is 4.75 Å². The number of nitrogens with one attached hydrogen (secondary N) is 1. The molecule has 0 aliphatic carbocycles. The van der Waals surface area contributed by atoms with Gasteiger partial charge in [0.05, 0.1) is 15.2 Å². The van der Waals surface area contributed by atoms with Crippen molar-refractivity contribution in [3.63, 3.8) is 0 Å². The highest BCUT2D eigenvalue weighted by molar-refractivity contribution is 7.92. The molecule has 1 aromatic carbocycles. The fourth-order valence-corrected chi connectivity index (χ4v) is 5.33. The molecule has 1 saturated heterocycles. The van der Waals surface area contributed by atoms with Crippen molar-refractivity contribution in [2.45, 2.75) is 30.9 Å². The lowest BCUT2D eigenvalue weighted by Crippen LogP contribution is -2.49. The van der Waals surface area contributed by atoms with Gasteiger partial charge < -0.3 is 10.0 Å². The molecule has 2 heterocycles. The largest absolute Gasteiger partial charge is 0.396 e. The van der Waals surface area contributed by atoms with Crippen LogP contribution < -0.4 is 5.48 Å². The number of fused-ring (bicyclic) bond motifs is 1. The van der Waals surface area contributed by atoms with Crippen molar-refractivity contribution in [3.05, 3.63) is 28.8 Å². The van der Waals surface area contributed by atoms with E-state index in [1.54, 1.807) is 0 Å². The van der Waals surface area contributed by atoms with Crippen LogP contribution in [0.25, 0.3) is 10.2 Å². The maximum atomic E-state index is 12.1. The number of rotatable bonds is 8. The van der Waals surface area contributed by atoms with Crippen LogP contribution in [0.15, 0.2) is 18.2 Å². The molecule has 1 unspecified atom stereocenters. The number of aliphatic hydroxyl groups excluding tert-OH is 1. The standard InChI is InChI=1S/C23H27N3O5S2/c1-23(22(28)25-29,33(2,30)31)11-10-21-24-19-9-8-17(14-20(19)32-21)6-3-4-7-18-15-26(16-18)12-5-13-27/h8-9,14,18,27,29H,5,10-13,15-16H2,1-2H3,(H,25,28). The number of hydrogen-bond acceptors (Lipinski definition) is 8. The van der Waals surface area contributed by atoms with Crippen LogP contribution >= 0.6 is 11.3 Å². The van der Waals surface area contributed by atoms with E-state index in [1.807, 2.05) is 18.2 Å². The minimum Gasteiger partial charge on any atom is -0.396 e. The van der Waals surface area contributed by atoms with Crippen molar-refractivity contribution in [3.8, 4) is 23.7 Å². The first-order valence-electron chi connectivity index (χ1n) is 10.5. The van der Waals surface area contributed by atoms with Gasteiger partial charge in [0.25, 0.3) is 5.91 Å². The van der Waals surface area contributed by atoms with Gasteiger partial charge in [0.15, 0.2) is 9.84 Å². The summed E-state index contributed by atoms with van der Waals surface area (Å²) in [5.41, 5.74) is 3.04. The van der Waals surface area contributed by atoms with Gasteiger partial charge in [-0.2, -0.15) is 0 Å². The molecule has 1 aromatic heterocycles. The molecule has 1 atom stereocenters. The summed E-state index contributed by atoms with van der Waals surface area (Å²) in [4.78, 5) is 18.8. The van der Waals surface area contributed by atoms with Crippen molar-refractivity contribution in [1.82, 2.24) is 15.4 Å². The molecule has 1 amide bonds. The molecule has 1 aliphatic heterocycles. The lowest BCUT2D eigenvalue weighted by Gasteiger charge is -2.36. The summed E-state index contributed by atoms with van der Waals surface area (Å²) in [7, 11) is -3.75. The van der Waals surface area contributed by atoms with Crippen molar-refractivity contribution in [2.75, 3.05) is 32.5 Å². The predicted molar refractivity (Wildman–Crippen MR) is 127 cm³/mol. The van der Waals surface area contributed by atoms with Crippen molar-refractivity contribution in [1.29, 1.82) is 0 Å². The van der Waals surface area contributed by atoms with E-state index in [1.165, 1.54) is 23.7 Å². The first-order valence-corrected chi connectivity index (χ1v) is 13.3. The molecule has 0 saturated carbocycles. The molecule has 1 aliphatic rings. The molecular weight excluding hydrogens is 462 g/mol. The van der Waals surface area contributed by atoms with Crippen molar-refractivity contribution < 1.29 is 23.5 Å². The lowest BCUT2D eigenvalue weighted by atomic mass is 10.0. The third-order valence-electron chi connectivity index (χ3n) is 5.78. The van der Waals surface area contributed by atoms with Gasteiger partial charge in [-0.15, -0.1) is 11.3 Å². The Morgan fingerprint density at radius 1 is 1.36 bits per heavy atom. The number of benzene rings is 1. The van der Waals surface area contributed by atoms with Crippen LogP contribution in [-0.2, 0) is 21.1 Å². The van der Waals surface area contributed by atoms with E-state index in [0.717, 1.165) is 48.1 Å². The second-order valence-corrected chi connectivity index (χ2v) is 11.8. The molecule has 0 bridgehead atoms. The van der Waals surface area contributed by atoms with E-state index in [9.17, 15) is 13.2 Å². The molecule has 2 aromatic rings. The molecule has 8 nitrogen and oxygen atoms in total. The summed E-state index contributed by atoms with van der Waals surface area (Å²) in [5, 5.41) is 18.5. The highest BCUT2D eigenvalue weighted by Crippen LogP contribution is 2.28. The number of amides is 1. The Morgan fingerprint density at radius 3 is 2.79 bits per heavy atom. The predicted octanol–water partition coefficient (Wildman–Crippen LogP) is 1.21. The summed E-state index contributed by atoms with van der Waals surface area (Å²) >= 11 is 1.42. The molecular formula is C23H27N3O5S2. The summed E-state index contributed by atoms with van der Waals surface area (Å²) in [6.45, 7) is 4.25. The van der Waals surface area contributed by atoms with Crippen LogP contribution in [0.1, 0.15) is 30.3 Å². The first-order chi connectivity index (χ1) is 15.7. The average Bonchev–Trinajstić information content (AvgIpc) is 3.16. The van der Waals surface area contributed by atoms with Crippen LogP contribution in [0.3, 0.4) is 0 Å². The van der Waals surface area contributed by atoms with E-state index in [4.69, 9.17) is 10.3 Å². The Kier molecular flexibility index (Phi) is 8.11. The van der Waals surface area contributed by atoms with E-state index in [-0.39, 0.29) is 19.4 Å². The highest BCUT2D eigenvalue weighted by Gasteiger charge is 2.43. The molecule has 1 fully saturated rings. The van der Waals surface area contributed by atoms with Gasteiger partial charge in [0.2, 0.25) is 0 Å². The third-order valence-corrected chi connectivity index (χ3v) is 8.89. The lowest BCUT2D eigenvalue weighted by molar-refractivity contribution is -0.131. The monoisotopic (exact) mass is 489 g/mol. The van der Waals surface area contributed by atoms with Crippen LogP contribution in [0.5, 0.6) is 0 Å². The van der Waals surface area contributed by atoms with Crippen molar-refractivity contribution >= 4 is 37.3 Å². The number of nitrogens with zero attached hydrogens (tertiary/aromatic N) is 2. The zero-order valence-corrected chi connectivity index (χ0v) is 20.2. The van der Waals surface area contributed by atoms with Gasteiger partial charge in [-0.3, -0.25) is 10.0 Å². The maximum Gasteiger partial charge on any atom is 0.264 e. The third kappa shape index (κ3) is 6.11. The number of thiazole rings is 1. The molecule has 3 rings (SSSR count). The Hall–Kier alpha value is -2.47. The van der Waals surface area contributed by atoms with Gasteiger partial charge in [-0.05, 0) is 49.8 Å². The summed E-state index contributed by atoms with van der Waals surface area (Å²) < 4.78 is 23.4. The number of aliphatic hydroxyl groups is 1. The molecule has 0 spiro atoms. The van der Waals surface area contributed by atoms with Gasteiger partial charge >= 0.3 is 0 Å². The normalized spacial score (nSPS) is 16.1. The quantitative estimate of drug-likeness (QED) is 0.290.